The molecule has 2 N–H and O–H groups in total. The van der Waals surface area contributed by atoms with E-state index in [0.29, 0.717) is 11.8 Å². The average molecular weight is 255 g/mol. The summed E-state index contributed by atoms with van der Waals surface area (Å²) in [7, 11) is 1.74. The zero-order valence-electron chi connectivity index (χ0n) is 11.1. The van der Waals surface area contributed by atoms with Gasteiger partial charge in [-0.25, -0.2) is 0 Å². The van der Waals surface area contributed by atoms with E-state index in [2.05, 4.69) is 50.0 Å². The van der Waals surface area contributed by atoms with Crippen LogP contribution in [-0.4, -0.2) is 12.9 Å². The zero-order chi connectivity index (χ0) is 12.1. The van der Waals surface area contributed by atoms with Crippen molar-refractivity contribution >= 4 is 18.2 Å². The molecule has 0 aliphatic heterocycles. The summed E-state index contributed by atoms with van der Waals surface area (Å²) in [5, 5.41) is 0. The first-order valence-electron chi connectivity index (χ1n) is 5.85. The molecule has 3 heteroatoms. The van der Waals surface area contributed by atoms with Gasteiger partial charge < -0.3 is 5.73 Å². The number of benzene rings is 1. The number of rotatable bonds is 4. The quantitative estimate of drug-likeness (QED) is 0.649. The molecule has 0 fully saturated rings. The lowest BCUT2D eigenvalue weighted by Crippen LogP contribution is -2.19. The molecule has 1 aromatic rings. The van der Waals surface area contributed by atoms with E-state index in [4.69, 9.17) is 5.73 Å². The van der Waals surface area contributed by atoms with Gasteiger partial charge in [-0.05, 0) is 23.5 Å². The van der Waals surface area contributed by atoms with Crippen molar-refractivity contribution in [3.05, 3.63) is 35.4 Å². The number of halogens is 1. The Morgan fingerprint density at radius 1 is 1.18 bits per heavy atom. The maximum atomic E-state index is 5.82. The lowest BCUT2D eigenvalue weighted by molar-refractivity contribution is 0.647. The predicted octanol–water partition coefficient (Wildman–Crippen LogP) is 3.40. The van der Waals surface area contributed by atoms with Crippen LogP contribution in [0.15, 0.2) is 29.3 Å². The van der Waals surface area contributed by atoms with E-state index in [1.165, 1.54) is 11.1 Å². The summed E-state index contributed by atoms with van der Waals surface area (Å²) in [5.74, 6) is 1.60. The smallest absolute Gasteiger partial charge is 0.101 e. The minimum absolute atomic E-state index is 0. The van der Waals surface area contributed by atoms with Crippen molar-refractivity contribution < 1.29 is 0 Å². The zero-order valence-corrected chi connectivity index (χ0v) is 11.9. The van der Waals surface area contributed by atoms with Gasteiger partial charge in [0.1, 0.15) is 5.84 Å². The molecule has 17 heavy (non-hydrogen) atoms. The van der Waals surface area contributed by atoms with E-state index >= 15 is 0 Å². The molecule has 0 saturated carbocycles. The van der Waals surface area contributed by atoms with Crippen molar-refractivity contribution in [1.82, 2.24) is 0 Å². The number of hydrogen-bond acceptors (Lipinski definition) is 1. The molecular formula is C14H23ClN2. The molecule has 0 amide bonds. The fourth-order valence-corrected chi connectivity index (χ4v) is 1.78. The number of nitrogens with zero attached hydrogens (tertiary/aromatic N) is 1. The molecule has 96 valence electrons. The Hall–Kier alpha value is -1.02. The van der Waals surface area contributed by atoms with Gasteiger partial charge in [-0.1, -0.05) is 45.0 Å². The van der Waals surface area contributed by atoms with Gasteiger partial charge in [-0.15, -0.1) is 12.4 Å². The number of amidine groups is 1. The van der Waals surface area contributed by atoms with Crippen LogP contribution in [0.1, 0.15) is 37.8 Å². The van der Waals surface area contributed by atoms with E-state index in [9.17, 15) is 0 Å². The Balaban J connectivity index is 0.00000256. The summed E-state index contributed by atoms with van der Waals surface area (Å²) < 4.78 is 0. The van der Waals surface area contributed by atoms with Crippen LogP contribution in [0.4, 0.5) is 0 Å². The van der Waals surface area contributed by atoms with E-state index in [1.54, 1.807) is 7.05 Å². The number of aliphatic imine (C=N–C) groups is 1. The summed E-state index contributed by atoms with van der Waals surface area (Å²) in [6, 6.07) is 8.68. The van der Waals surface area contributed by atoms with Crippen molar-refractivity contribution in [3.8, 4) is 0 Å². The first kappa shape index (κ1) is 16.0. The molecule has 1 rings (SSSR count). The molecule has 0 saturated heterocycles. The number of hydrogen-bond donors (Lipinski definition) is 1. The predicted molar refractivity (Wildman–Crippen MR) is 78.2 cm³/mol. The summed E-state index contributed by atoms with van der Waals surface area (Å²) >= 11 is 0. The molecule has 0 spiro atoms. The standard InChI is InChI=1S/C14H22N2.ClH/c1-10(2)9-12-5-7-13(8-6-12)11(3)14(15)16-4;/h5-8,10-11H,9H2,1-4H3,(H2,15,16);1H. The average Bonchev–Trinajstić information content (AvgIpc) is 2.27. The van der Waals surface area contributed by atoms with Crippen molar-refractivity contribution in [1.29, 1.82) is 0 Å². The molecule has 1 aromatic carbocycles. The second-order valence-electron chi connectivity index (χ2n) is 4.71. The minimum Gasteiger partial charge on any atom is -0.387 e. The Kier molecular flexibility index (Phi) is 6.89. The first-order chi connectivity index (χ1) is 7.54. The van der Waals surface area contributed by atoms with E-state index in [-0.39, 0.29) is 18.3 Å². The van der Waals surface area contributed by atoms with Gasteiger partial charge in [0, 0.05) is 13.0 Å². The van der Waals surface area contributed by atoms with Gasteiger partial charge in [0.25, 0.3) is 0 Å². The van der Waals surface area contributed by atoms with Gasteiger partial charge in [0.15, 0.2) is 0 Å². The molecule has 0 bridgehead atoms. The topological polar surface area (TPSA) is 38.4 Å². The van der Waals surface area contributed by atoms with Crippen molar-refractivity contribution in [3.63, 3.8) is 0 Å². The highest BCUT2D eigenvalue weighted by Crippen LogP contribution is 2.17. The normalized spacial score (nSPS) is 13.4. The number of nitrogens with two attached hydrogens (primary N) is 1. The van der Waals surface area contributed by atoms with E-state index in [0.717, 1.165) is 6.42 Å². The fourth-order valence-electron chi connectivity index (χ4n) is 1.78. The van der Waals surface area contributed by atoms with Crippen molar-refractivity contribution in [2.75, 3.05) is 7.05 Å². The molecule has 0 aliphatic rings. The minimum atomic E-state index is 0. The van der Waals surface area contributed by atoms with Crippen LogP contribution in [0.25, 0.3) is 0 Å². The van der Waals surface area contributed by atoms with Gasteiger partial charge >= 0.3 is 0 Å². The van der Waals surface area contributed by atoms with Gasteiger partial charge in [0.05, 0.1) is 0 Å². The largest absolute Gasteiger partial charge is 0.387 e. The molecule has 1 unspecified atom stereocenters. The Labute approximate surface area is 111 Å². The third-order valence-electron chi connectivity index (χ3n) is 2.83. The van der Waals surface area contributed by atoms with Gasteiger partial charge in [-0.2, -0.15) is 0 Å². The third-order valence-corrected chi connectivity index (χ3v) is 2.83. The van der Waals surface area contributed by atoms with E-state index < -0.39 is 0 Å². The second-order valence-corrected chi connectivity index (χ2v) is 4.71. The Morgan fingerprint density at radius 3 is 2.12 bits per heavy atom. The maximum absolute atomic E-state index is 5.82. The summed E-state index contributed by atoms with van der Waals surface area (Å²) in [6.45, 7) is 6.55. The Bertz CT molecular complexity index is 355. The monoisotopic (exact) mass is 254 g/mol. The van der Waals surface area contributed by atoms with Crippen LogP contribution in [0, 0.1) is 5.92 Å². The van der Waals surface area contributed by atoms with Crippen LogP contribution in [-0.2, 0) is 6.42 Å². The third kappa shape index (κ3) is 4.78. The highest BCUT2D eigenvalue weighted by atomic mass is 35.5. The molecule has 2 nitrogen and oxygen atoms in total. The Morgan fingerprint density at radius 2 is 1.71 bits per heavy atom. The highest BCUT2D eigenvalue weighted by molar-refractivity contribution is 5.86. The lowest BCUT2D eigenvalue weighted by Gasteiger charge is -2.12. The molecule has 0 aromatic heterocycles. The lowest BCUT2D eigenvalue weighted by atomic mass is 9.96. The first-order valence-corrected chi connectivity index (χ1v) is 5.85. The highest BCUT2D eigenvalue weighted by Gasteiger charge is 2.08. The summed E-state index contributed by atoms with van der Waals surface area (Å²) in [5.41, 5.74) is 8.44. The van der Waals surface area contributed by atoms with Gasteiger partial charge in [0.2, 0.25) is 0 Å². The van der Waals surface area contributed by atoms with Crippen LogP contribution >= 0.6 is 12.4 Å². The molecule has 0 aliphatic carbocycles. The molecule has 1 atom stereocenters. The summed E-state index contributed by atoms with van der Waals surface area (Å²) in [4.78, 5) is 4.03. The molecule has 0 radical (unpaired) electrons. The summed E-state index contributed by atoms with van der Waals surface area (Å²) in [6.07, 6.45) is 1.13. The van der Waals surface area contributed by atoms with Crippen molar-refractivity contribution in [2.24, 2.45) is 16.6 Å². The van der Waals surface area contributed by atoms with Crippen LogP contribution in [0.3, 0.4) is 0 Å². The molecular weight excluding hydrogens is 232 g/mol. The van der Waals surface area contributed by atoms with Crippen LogP contribution < -0.4 is 5.73 Å². The fraction of sp³-hybridized carbons (Fsp3) is 0.500. The van der Waals surface area contributed by atoms with Gasteiger partial charge in [-0.3, -0.25) is 4.99 Å². The molecule has 0 heterocycles. The van der Waals surface area contributed by atoms with Crippen LogP contribution in [0.2, 0.25) is 0 Å². The van der Waals surface area contributed by atoms with E-state index in [1.807, 2.05) is 0 Å². The maximum Gasteiger partial charge on any atom is 0.101 e. The van der Waals surface area contributed by atoms with Crippen molar-refractivity contribution in [2.45, 2.75) is 33.1 Å². The van der Waals surface area contributed by atoms with Crippen LogP contribution in [0.5, 0.6) is 0 Å². The SMILES string of the molecule is CN=C(N)C(C)c1ccc(CC(C)C)cc1.Cl. The second kappa shape index (κ2) is 7.33.